The Balaban J connectivity index is 1.86. The van der Waals surface area contributed by atoms with Gasteiger partial charge in [0.25, 0.3) is 0 Å². The molecule has 0 aliphatic carbocycles. The predicted molar refractivity (Wildman–Crippen MR) is 105 cm³/mol. The Bertz CT molecular complexity index is 377. The normalized spacial score (nSPS) is 10.9. The molecule has 0 saturated carbocycles. The van der Waals surface area contributed by atoms with Crippen LogP contribution < -0.4 is 5.32 Å². The minimum Gasteiger partial charge on any atom is -0.385 e. The molecule has 0 fully saturated rings. The van der Waals surface area contributed by atoms with Gasteiger partial charge in [-0.15, -0.1) is 0 Å². The van der Waals surface area contributed by atoms with Crippen molar-refractivity contribution in [3.8, 4) is 0 Å². The molecule has 0 spiro atoms. The van der Waals surface area contributed by atoms with Gasteiger partial charge in [-0.2, -0.15) is 0 Å². The van der Waals surface area contributed by atoms with Crippen molar-refractivity contribution in [3.05, 3.63) is 29.3 Å². The molecule has 1 rings (SSSR count). The van der Waals surface area contributed by atoms with Crippen LogP contribution in [0.4, 0.5) is 5.69 Å². The first kappa shape index (κ1) is 20.1. The zero-order valence-corrected chi connectivity index (χ0v) is 15.9. The van der Waals surface area contributed by atoms with Gasteiger partial charge in [-0.25, -0.2) is 0 Å². The zero-order valence-electron chi connectivity index (χ0n) is 15.9. The van der Waals surface area contributed by atoms with E-state index in [-0.39, 0.29) is 0 Å². The van der Waals surface area contributed by atoms with E-state index < -0.39 is 0 Å². The van der Waals surface area contributed by atoms with Crippen LogP contribution in [0.1, 0.15) is 95.1 Å². The topological polar surface area (TPSA) is 12.0 Å². The maximum Gasteiger partial charge on any atom is 0.0345 e. The molecule has 0 atom stereocenters. The van der Waals surface area contributed by atoms with Crippen molar-refractivity contribution >= 4 is 5.69 Å². The van der Waals surface area contributed by atoms with E-state index in [4.69, 9.17) is 0 Å². The van der Waals surface area contributed by atoms with Crippen molar-refractivity contribution in [3.63, 3.8) is 0 Å². The van der Waals surface area contributed by atoms with Crippen LogP contribution in [0, 0.1) is 13.8 Å². The quantitative estimate of drug-likeness (QED) is 0.352. The number of aryl methyl sites for hydroxylation is 2. The van der Waals surface area contributed by atoms with E-state index in [0.717, 1.165) is 6.54 Å². The molecule has 0 aliphatic rings. The molecular weight excluding hydrogens is 278 g/mol. The first-order valence-corrected chi connectivity index (χ1v) is 10.0. The van der Waals surface area contributed by atoms with Gasteiger partial charge in [0, 0.05) is 12.2 Å². The second-order valence-corrected chi connectivity index (χ2v) is 7.19. The summed E-state index contributed by atoms with van der Waals surface area (Å²) in [7, 11) is 0. The maximum atomic E-state index is 3.56. The molecule has 0 aromatic heterocycles. The van der Waals surface area contributed by atoms with Crippen LogP contribution >= 0.6 is 0 Å². The first-order valence-electron chi connectivity index (χ1n) is 10.0. The first-order chi connectivity index (χ1) is 11.2. The Morgan fingerprint density at radius 2 is 1.04 bits per heavy atom. The van der Waals surface area contributed by atoms with Crippen LogP contribution in [0.5, 0.6) is 0 Å². The average Bonchev–Trinajstić information content (AvgIpc) is 2.51. The predicted octanol–water partition coefficient (Wildman–Crippen LogP) is 7.42. The molecule has 0 aliphatic heterocycles. The molecule has 1 nitrogen and oxygen atoms in total. The Morgan fingerprint density at radius 3 is 1.52 bits per heavy atom. The lowest BCUT2D eigenvalue weighted by Gasteiger charge is -2.08. The van der Waals surface area contributed by atoms with E-state index in [1.165, 1.54) is 93.9 Å². The SMILES string of the molecule is CCCCCCCCCCCCCCNc1cc(C)cc(C)c1. The molecule has 1 aromatic carbocycles. The number of rotatable bonds is 14. The molecule has 0 unspecified atom stereocenters. The van der Waals surface area contributed by atoms with Gasteiger partial charge in [0.15, 0.2) is 0 Å². The molecule has 0 saturated heterocycles. The van der Waals surface area contributed by atoms with Crippen molar-refractivity contribution in [2.24, 2.45) is 0 Å². The van der Waals surface area contributed by atoms with E-state index in [2.05, 4.69) is 44.3 Å². The summed E-state index contributed by atoms with van der Waals surface area (Å²) in [6, 6.07) is 6.72. The van der Waals surface area contributed by atoms with Crippen molar-refractivity contribution in [2.45, 2.75) is 97.8 Å². The largest absolute Gasteiger partial charge is 0.385 e. The molecule has 132 valence electrons. The summed E-state index contributed by atoms with van der Waals surface area (Å²) in [6.45, 7) is 7.74. The van der Waals surface area contributed by atoms with Gasteiger partial charge in [0.05, 0.1) is 0 Å². The van der Waals surface area contributed by atoms with E-state index in [9.17, 15) is 0 Å². The lowest BCUT2D eigenvalue weighted by molar-refractivity contribution is 0.546. The lowest BCUT2D eigenvalue weighted by Crippen LogP contribution is -2.01. The van der Waals surface area contributed by atoms with Gasteiger partial charge in [0.1, 0.15) is 0 Å². The highest BCUT2D eigenvalue weighted by Gasteiger charge is 1.96. The molecule has 1 heteroatoms. The minimum absolute atomic E-state index is 1.11. The van der Waals surface area contributed by atoms with Gasteiger partial charge in [-0.1, -0.05) is 83.6 Å². The fraction of sp³-hybridized carbons (Fsp3) is 0.727. The number of nitrogens with one attached hydrogen (secondary N) is 1. The standard InChI is InChI=1S/C22H39N/c1-4-5-6-7-8-9-10-11-12-13-14-15-16-23-22-18-20(2)17-21(3)19-22/h17-19,23H,4-16H2,1-3H3. The maximum absolute atomic E-state index is 3.56. The van der Waals surface area contributed by atoms with Crippen LogP contribution in [0.25, 0.3) is 0 Å². The van der Waals surface area contributed by atoms with Gasteiger partial charge in [-0.3, -0.25) is 0 Å². The molecule has 0 amide bonds. The van der Waals surface area contributed by atoms with Crippen LogP contribution in [-0.4, -0.2) is 6.54 Å². The Morgan fingerprint density at radius 1 is 0.609 bits per heavy atom. The monoisotopic (exact) mass is 317 g/mol. The second kappa shape index (κ2) is 13.5. The van der Waals surface area contributed by atoms with E-state index in [1.54, 1.807) is 0 Å². The lowest BCUT2D eigenvalue weighted by atomic mass is 10.1. The smallest absolute Gasteiger partial charge is 0.0345 e. The van der Waals surface area contributed by atoms with Crippen LogP contribution in [0.2, 0.25) is 0 Å². The fourth-order valence-corrected chi connectivity index (χ4v) is 3.28. The van der Waals surface area contributed by atoms with E-state index in [1.807, 2.05) is 0 Å². The van der Waals surface area contributed by atoms with Gasteiger partial charge < -0.3 is 5.32 Å². The minimum atomic E-state index is 1.11. The van der Waals surface area contributed by atoms with Crippen LogP contribution in [0.15, 0.2) is 18.2 Å². The van der Waals surface area contributed by atoms with Gasteiger partial charge in [0.2, 0.25) is 0 Å². The summed E-state index contributed by atoms with van der Waals surface area (Å²) in [5.74, 6) is 0. The van der Waals surface area contributed by atoms with Crippen molar-refractivity contribution in [1.82, 2.24) is 0 Å². The summed E-state index contributed by atoms with van der Waals surface area (Å²) in [6.07, 6.45) is 17.0. The van der Waals surface area contributed by atoms with E-state index in [0.29, 0.717) is 0 Å². The van der Waals surface area contributed by atoms with Crippen LogP contribution in [0.3, 0.4) is 0 Å². The molecule has 1 aromatic rings. The molecule has 0 bridgehead atoms. The number of anilines is 1. The Kier molecular flexibility index (Phi) is 11.7. The molecule has 0 radical (unpaired) electrons. The van der Waals surface area contributed by atoms with Gasteiger partial charge in [-0.05, 0) is 43.5 Å². The Hall–Kier alpha value is -0.980. The fourth-order valence-electron chi connectivity index (χ4n) is 3.28. The average molecular weight is 318 g/mol. The highest BCUT2D eigenvalue weighted by Crippen LogP contribution is 2.15. The summed E-state index contributed by atoms with van der Waals surface area (Å²) >= 11 is 0. The summed E-state index contributed by atoms with van der Waals surface area (Å²) in [5.41, 5.74) is 3.98. The van der Waals surface area contributed by atoms with Gasteiger partial charge >= 0.3 is 0 Å². The second-order valence-electron chi connectivity index (χ2n) is 7.19. The van der Waals surface area contributed by atoms with Crippen molar-refractivity contribution < 1.29 is 0 Å². The number of benzene rings is 1. The third-order valence-corrected chi connectivity index (χ3v) is 4.58. The van der Waals surface area contributed by atoms with Crippen molar-refractivity contribution in [1.29, 1.82) is 0 Å². The summed E-state index contributed by atoms with van der Waals surface area (Å²) in [4.78, 5) is 0. The number of hydrogen-bond acceptors (Lipinski definition) is 1. The highest BCUT2D eigenvalue weighted by atomic mass is 14.9. The molecule has 0 heterocycles. The third-order valence-electron chi connectivity index (χ3n) is 4.58. The molecular formula is C22H39N. The van der Waals surface area contributed by atoms with Crippen molar-refractivity contribution in [2.75, 3.05) is 11.9 Å². The highest BCUT2D eigenvalue weighted by molar-refractivity contribution is 5.48. The molecule has 1 N–H and O–H groups in total. The third kappa shape index (κ3) is 11.2. The number of hydrogen-bond donors (Lipinski definition) is 1. The zero-order chi connectivity index (χ0) is 16.8. The van der Waals surface area contributed by atoms with Crippen LogP contribution in [-0.2, 0) is 0 Å². The summed E-state index contributed by atoms with van der Waals surface area (Å²) in [5, 5.41) is 3.56. The summed E-state index contributed by atoms with van der Waals surface area (Å²) < 4.78 is 0. The Labute approximate surface area is 145 Å². The van der Waals surface area contributed by atoms with E-state index >= 15 is 0 Å². The molecule has 23 heavy (non-hydrogen) atoms. The number of unbranched alkanes of at least 4 members (excludes halogenated alkanes) is 11.